The summed E-state index contributed by atoms with van der Waals surface area (Å²) in [6.45, 7) is 3.93. The fraction of sp³-hybridized carbons (Fsp3) is 0.214. The van der Waals surface area contributed by atoms with Crippen LogP contribution in [0.15, 0.2) is 29.1 Å². The van der Waals surface area contributed by atoms with Gasteiger partial charge >= 0.3 is 0 Å². The first-order chi connectivity index (χ1) is 10.7. The predicted octanol–water partition coefficient (Wildman–Crippen LogP) is 4.07. The Hall–Kier alpha value is -2.39. The molecule has 0 atom stereocenters. The maximum Gasteiger partial charge on any atom is 0.235 e. The number of thiophene rings is 2. The number of carbonyl (C=O) groups is 1. The Kier molecular flexibility index (Phi) is 10.0. The molecule has 2 aromatic heterocycles. The molecule has 2 heterocycles. The highest BCUT2D eigenvalue weighted by Gasteiger charge is 1.92. The van der Waals surface area contributed by atoms with Crippen molar-refractivity contribution < 1.29 is 14.6 Å². The van der Waals surface area contributed by atoms with Gasteiger partial charge in [0, 0.05) is 15.9 Å². The molecule has 124 valence electrons. The lowest BCUT2D eigenvalue weighted by atomic mass is 10.3. The van der Waals surface area contributed by atoms with Crippen molar-refractivity contribution in [2.24, 2.45) is 0 Å². The Morgan fingerprint density at radius 1 is 1.00 bits per heavy atom. The van der Waals surface area contributed by atoms with E-state index in [1.54, 1.807) is 0 Å². The largest absolute Gasteiger partial charge is 0.297 e. The number of hydrogen-bond acceptors (Lipinski definition) is 7. The number of rotatable bonds is 3. The van der Waals surface area contributed by atoms with E-state index in [-0.39, 0.29) is 0 Å². The van der Waals surface area contributed by atoms with Crippen LogP contribution >= 0.6 is 22.7 Å². The number of aryl methyl sites for hydroxylation is 2. The van der Waals surface area contributed by atoms with Crippen molar-refractivity contribution in [1.29, 1.82) is 0 Å². The van der Waals surface area contributed by atoms with Gasteiger partial charge in [0.25, 0.3) is 0 Å². The molecule has 0 fully saturated rings. The second-order valence-electron chi connectivity index (χ2n) is 4.21. The van der Waals surface area contributed by atoms with Crippen LogP contribution in [0.4, 0.5) is 0 Å². The fourth-order valence-electron chi connectivity index (χ4n) is 1.19. The number of nitrogens with zero attached hydrogens (tertiary/aromatic N) is 2. The number of nitro groups is 2. The van der Waals surface area contributed by atoms with Gasteiger partial charge in [-0.2, -0.15) is 0 Å². The van der Waals surface area contributed by atoms with Gasteiger partial charge in [-0.15, -0.1) is 22.7 Å². The van der Waals surface area contributed by atoms with E-state index in [9.17, 15) is 14.9 Å². The van der Waals surface area contributed by atoms with Gasteiger partial charge in [-0.1, -0.05) is 0 Å². The molecule has 0 saturated carbocycles. The van der Waals surface area contributed by atoms with E-state index in [0.29, 0.717) is 0 Å². The van der Waals surface area contributed by atoms with E-state index in [4.69, 9.17) is 10.1 Å². The zero-order valence-corrected chi connectivity index (χ0v) is 14.4. The number of carbonyl (C=O) groups excluding carboxylic acids is 1. The molecular formula is C14H16N2O5S2. The molecule has 0 aliphatic carbocycles. The Bertz CT molecular complexity index is 672. The van der Waals surface area contributed by atoms with Crippen LogP contribution in [0.25, 0.3) is 6.08 Å². The maximum atomic E-state index is 10.0. The van der Waals surface area contributed by atoms with Crippen molar-refractivity contribution in [1.82, 2.24) is 0 Å². The van der Waals surface area contributed by atoms with E-state index in [1.165, 1.54) is 28.7 Å². The predicted molar refractivity (Wildman–Crippen MR) is 92.4 cm³/mol. The summed E-state index contributed by atoms with van der Waals surface area (Å²) in [7, 11) is 0.889. The summed E-state index contributed by atoms with van der Waals surface area (Å²) in [5.74, 6) is 0. The number of hydrogen-bond donors (Lipinski definition) is 0. The third-order valence-corrected chi connectivity index (χ3v) is 3.97. The molecule has 7 nitrogen and oxygen atoms in total. The fourth-order valence-corrected chi connectivity index (χ4v) is 2.67. The first kappa shape index (κ1) is 20.6. The molecule has 23 heavy (non-hydrogen) atoms. The molecule has 0 radical (unpaired) electrons. The van der Waals surface area contributed by atoms with E-state index < -0.39 is 9.85 Å². The highest BCUT2D eigenvalue weighted by molar-refractivity contribution is 7.11. The molecule has 0 aliphatic rings. The van der Waals surface area contributed by atoms with Crippen molar-refractivity contribution in [2.45, 2.75) is 13.8 Å². The standard InChI is InChI=1S/C7H7NO2S.C6H6OS.CH3NO2/c1-6-4-7(11-5-6)2-3-8(9)10;1-5-2-6(3-7)8-4-5;1-2(3)4/h2-5H,1H3;2-4H,1H3;1H3/b3-2-;;. The van der Waals surface area contributed by atoms with Crippen LogP contribution in [0.5, 0.6) is 0 Å². The maximum absolute atomic E-state index is 10.0. The summed E-state index contributed by atoms with van der Waals surface area (Å²) in [6.07, 6.45) is 3.32. The quantitative estimate of drug-likeness (QED) is 0.468. The molecular weight excluding hydrogens is 340 g/mol. The summed E-state index contributed by atoms with van der Waals surface area (Å²) in [6, 6.07) is 3.78. The van der Waals surface area contributed by atoms with Gasteiger partial charge in [0.15, 0.2) is 13.3 Å². The van der Waals surface area contributed by atoms with Crippen molar-refractivity contribution in [3.8, 4) is 0 Å². The van der Waals surface area contributed by atoms with Crippen LogP contribution in [0.2, 0.25) is 0 Å². The van der Waals surface area contributed by atoms with E-state index >= 15 is 0 Å². The van der Waals surface area contributed by atoms with Crippen LogP contribution in [-0.4, -0.2) is 23.2 Å². The molecule has 0 aromatic carbocycles. The zero-order chi connectivity index (χ0) is 17.8. The van der Waals surface area contributed by atoms with Gasteiger partial charge in [-0.3, -0.25) is 25.0 Å². The van der Waals surface area contributed by atoms with Gasteiger partial charge < -0.3 is 0 Å². The second-order valence-corrected chi connectivity index (χ2v) is 6.10. The van der Waals surface area contributed by atoms with Crippen LogP contribution in [-0.2, 0) is 0 Å². The summed E-state index contributed by atoms with van der Waals surface area (Å²) in [4.78, 5) is 29.5. The Labute approximate surface area is 141 Å². The molecule has 0 amide bonds. The SMILES string of the molecule is C[N+](=O)[O-].Cc1csc(/C=C\[N+](=O)[O-])c1.Cc1csc(C=O)c1. The molecule has 0 N–H and O–H groups in total. The molecule has 9 heteroatoms. The smallest absolute Gasteiger partial charge is 0.235 e. The van der Waals surface area contributed by atoms with Gasteiger partial charge in [-0.05, 0) is 47.9 Å². The summed E-state index contributed by atoms with van der Waals surface area (Å²) < 4.78 is 0. The minimum absolute atomic E-state index is 0.463. The monoisotopic (exact) mass is 356 g/mol. The first-order valence-corrected chi connectivity index (χ1v) is 7.95. The third-order valence-electron chi connectivity index (χ3n) is 1.98. The minimum Gasteiger partial charge on any atom is -0.297 e. The average Bonchev–Trinajstić information content (AvgIpc) is 3.05. The highest BCUT2D eigenvalue weighted by Crippen LogP contribution is 2.14. The van der Waals surface area contributed by atoms with E-state index in [2.05, 4.69) is 0 Å². The molecule has 0 saturated heterocycles. The molecule has 0 aliphatic heterocycles. The normalized spacial score (nSPS) is 9.35. The topological polar surface area (TPSA) is 103 Å². The summed E-state index contributed by atoms with van der Waals surface area (Å²) in [5, 5.41) is 22.6. The van der Waals surface area contributed by atoms with Crippen molar-refractivity contribution in [3.63, 3.8) is 0 Å². The Balaban J connectivity index is 0.000000354. The van der Waals surface area contributed by atoms with Crippen LogP contribution in [0.3, 0.4) is 0 Å². The summed E-state index contributed by atoms with van der Waals surface area (Å²) >= 11 is 2.98. The molecule has 0 spiro atoms. The van der Waals surface area contributed by atoms with Crippen molar-refractivity contribution in [2.75, 3.05) is 7.05 Å². The van der Waals surface area contributed by atoms with Gasteiger partial charge in [0.2, 0.25) is 6.20 Å². The summed E-state index contributed by atoms with van der Waals surface area (Å²) in [5.41, 5.74) is 2.30. The second kappa shape index (κ2) is 11.2. The molecule has 2 aromatic rings. The third kappa shape index (κ3) is 11.9. The van der Waals surface area contributed by atoms with Crippen molar-refractivity contribution in [3.05, 3.63) is 70.2 Å². The lowest BCUT2D eigenvalue weighted by molar-refractivity contribution is -0.445. The Morgan fingerprint density at radius 2 is 1.43 bits per heavy atom. The zero-order valence-electron chi connectivity index (χ0n) is 12.8. The van der Waals surface area contributed by atoms with Crippen LogP contribution in [0, 0.1) is 34.1 Å². The van der Waals surface area contributed by atoms with Crippen LogP contribution in [0.1, 0.15) is 25.7 Å². The van der Waals surface area contributed by atoms with E-state index in [1.807, 2.05) is 36.7 Å². The Morgan fingerprint density at radius 3 is 1.70 bits per heavy atom. The molecule has 0 bridgehead atoms. The number of aldehydes is 1. The minimum atomic E-state index is -0.500. The van der Waals surface area contributed by atoms with Gasteiger partial charge in [0.05, 0.1) is 9.80 Å². The van der Waals surface area contributed by atoms with E-state index in [0.717, 1.165) is 40.4 Å². The van der Waals surface area contributed by atoms with Crippen molar-refractivity contribution >= 4 is 35.0 Å². The van der Waals surface area contributed by atoms with Gasteiger partial charge in [0.1, 0.15) is 0 Å². The first-order valence-electron chi connectivity index (χ1n) is 6.19. The molecule has 0 unspecified atom stereocenters. The van der Waals surface area contributed by atoms with Gasteiger partial charge in [-0.25, -0.2) is 0 Å². The highest BCUT2D eigenvalue weighted by atomic mass is 32.1. The van der Waals surface area contributed by atoms with Crippen LogP contribution < -0.4 is 0 Å². The molecule has 2 rings (SSSR count). The average molecular weight is 356 g/mol. The lowest BCUT2D eigenvalue weighted by Crippen LogP contribution is -1.80. The lowest BCUT2D eigenvalue weighted by Gasteiger charge is -1.78.